The largest absolute Gasteiger partial charge is 0.336 e. The molecule has 8 nitrogen and oxygen atoms in total. The number of benzene rings is 2. The zero-order valence-corrected chi connectivity index (χ0v) is 14.6. The molecule has 0 atom stereocenters. The predicted molar refractivity (Wildman–Crippen MR) is 91.3 cm³/mol. The van der Waals surface area contributed by atoms with Crippen molar-refractivity contribution in [1.29, 1.82) is 0 Å². The Labute approximate surface area is 152 Å². The van der Waals surface area contributed by atoms with E-state index in [1.807, 2.05) is 0 Å². The van der Waals surface area contributed by atoms with Crippen LogP contribution in [-0.4, -0.2) is 23.7 Å². The van der Waals surface area contributed by atoms with Gasteiger partial charge in [-0.2, -0.15) is 0 Å². The summed E-state index contributed by atoms with van der Waals surface area (Å²) >= 11 is 11.8. The summed E-state index contributed by atoms with van der Waals surface area (Å²) in [6.45, 7) is -0.301. The molecule has 1 aliphatic heterocycles. The van der Waals surface area contributed by atoms with E-state index in [2.05, 4.69) is 5.32 Å². The topological polar surface area (TPSA) is 110 Å². The van der Waals surface area contributed by atoms with Crippen LogP contribution in [-0.2, 0) is 16.6 Å². The van der Waals surface area contributed by atoms with Gasteiger partial charge in [0.15, 0.2) is 0 Å². The fourth-order valence-corrected chi connectivity index (χ4v) is 4.64. The predicted octanol–water partition coefficient (Wildman–Crippen LogP) is 3.64. The fourth-order valence-electron chi connectivity index (χ4n) is 2.36. The number of rotatable bonds is 3. The third-order valence-corrected chi connectivity index (χ3v) is 5.96. The van der Waals surface area contributed by atoms with E-state index >= 15 is 0 Å². The zero-order valence-electron chi connectivity index (χ0n) is 12.3. The molecule has 130 valence electrons. The van der Waals surface area contributed by atoms with Crippen LogP contribution in [0.5, 0.6) is 0 Å². The quantitative estimate of drug-likeness (QED) is 0.623. The van der Waals surface area contributed by atoms with E-state index in [1.54, 1.807) is 0 Å². The summed E-state index contributed by atoms with van der Waals surface area (Å²) in [6.07, 6.45) is 0. The van der Waals surface area contributed by atoms with E-state index in [0.717, 1.165) is 0 Å². The van der Waals surface area contributed by atoms with Crippen molar-refractivity contribution in [2.24, 2.45) is 0 Å². The lowest BCUT2D eigenvalue weighted by atomic mass is 10.2. The number of non-ortho nitro benzene ring substituents is 1. The first kappa shape index (κ1) is 17.5. The number of carbonyl (C=O) groups is 1. The van der Waals surface area contributed by atoms with Gasteiger partial charge in [0.2, 0.25) is 0 Å². The summed E-state index contributed by atoms with van der Waals surface area (Å²) in [5, 5.41) is 13.2. The highest BCUT2D eigenvalue weighted by Gasteiger charge is 2.38. The van der Waals surface area contributed by atoms with Crippen LogP contribution in [0.25, 0.3) is 0 Å². The first-order chi connectivity index (χ1) is 11.7. The number of halogens is 2. The van der Waals surface area contributed by atoms with E-state index in [9.17, 15) is 23.3 Å². The first-order valence-electron chi connectivity index (χ1n) is 6.76. The minimum atomic E-state index is -4.21. The summed E-state index contributed by atoms with van der Waals surface area (Å²) in [5.74, 6) is 0. The van der Waals surface area contributed by atoms with Gasteiger partial charge < -0.3 is 5.32 Å². The van der Waals surface area contributed by atoms with Gasteiger partial charge in [-0.05, 0) is 17.7 Å². The Bertz CT molecular complexity index is 992. The molecular formula is C14H9Cl2N3O5S. The molecule has 2 aromatic rings. The van der Waals surface area contributed by atoms with Gasteiger partial charge in [0.05, 0.1) is 22.2 Å². The lowest BCUT2D eigenvalue weighted by Crippen LogP contribution is -2.43. The van der Waals surface area contributed by atoms with Gasteiger partial charge >= 0.3 is 6.03 Å². The summed E-state index contributed by atoms with van der Waals surface area (Å²) in [5.41, 5.74) is 0.262. The molecule has 0 bridgehead atoms. The van der Waals surface area contributed by atoms with Crippen molar-refractivity contribution in [2.75, 3.05) is 5.32 Å². The molecule has 2 aromatic carbocycles. The van der Waals surface area contributed by atoms with Crippen LogP contribution in [0.4, 0.5) is 16.2 Å². The lowest BCUT2D eigenvalue weighted by Gasteiger charge is -2.29. The number of nitrogens with zero attached hydrogens (tertiary/aromatic N) is 2. The zero-order chi connectivity index (χ0) is 18.4. The highest BCUT2D eigenvalue weighted by Crippen LogP contribution is 2.38. The number of nitro benzene ring substituents is 1. The van der Waals surface area contributed by atoms with Gasteiger partial charge in [-0.25, -0.2) is 17.5 Å². The van der Waals surface area contributed by atoms with Crippen LogP contribution in [0, 0.1) is 10.1 Å². The Morgan fingerprint density at radius 1 is 1.16 bits per heavy atom. The monoisotopic (exact) mass is 401 g/mol. The van der Waals surface area contributed by atoms with Crippen molar-refractivity contribution in [1.82, 2.24) is 4.31 Å². The number of fused-ring (bicyclic) bond motifs is 1. The standard InChI is InChI=1S/C14H9Cl2N3O5S/c15-9-5-11(16)13-12(6-9)17-14(20)18(25(13,23)24)7-8-1-3-10(4-2-8)19(21)22/h1-6H,7H2,(H,17,20). The van der Waals surface area contributed by atoms with Gasteiger partial charge in [-0.15, -0.1) is 0 Å². The molecule has 0 saturated heterocycles. The molecular weight excluding hydrogens is 393 g/mol. The van der Waals surface area contributed by atoms with E-state index in [-0.39, 0.29) is 32.9 Å². The Balaban J connectivity index is 2.00. The minimum absolute atomic E-state index is 0.00227. The van der Waals surface area contributed by atoms with Crippen molar-refractivity contribution in [2.45, 2.75) is 11.4 Å². The van der Waals surface area contributed by atoms with Crippen molar-refractivity contribution >= 4 is 50.6 Å². The summed E-state index contributed by atoms with van der Waals surface area (Å²) < 4.78 is 26.1. The highest BCUT2D eigenvalue weighted by molar-refractivity contribution is 7.90. The van der Waals surface area contributed by atoms with Crippen molar-refractivity contribution in [3.63, 3.8) is 0 Å². The molecule has 0 fully saturated rings. The maximum Gasteiger partial charge on any atom is 0.336 e. The number of urea groups is 1. The molecule has 1 heterocycles. The molecule has 0 saturated carbocycles. The number of nitrogens with one attached hydrogen (secondary N) is 1. The van der Waals surface area contributed by atoms with Gasteiger partial charge in [0.1, 0.15) is 4.90 Å². The molecule has 2 amide bonds. The van der Waals surface area contributed by atoms with E-state index < -0.39 is 21.0 Å². The number of carbonyl (C=O) groups excluding carboxylic acids is 1. The molecule has 1 aliphatic rings. The van der Waals surface area contributed by atoms with Crippen LogP contribution < -0.4 is 5.32 Å². The smallest absolute Gasteiger partial charge is 0.306 e. The van der Waals surface area contributed by atoms with Crippen molar-refractivity contribution in [3.05, 3.63) is 62.1 Å². The number of amides is 2. The van der Waals surface area contributed by atoms with Crippen LogP contribution >= 0.6 is 23.2 Å². The molecule has 0 aliphatic carbocycles. The van der Waals surface area contributed by atoms with Crippen molar-refractivity contribution in [3.8, 4) is 0 Å². The first-order valence-corrected chi connectivity index (χ1v) is 8.96. The highest BCUT2D eigenvalue weighted by atomic mass is 35.5. The molecule has 11 heteroatoms. The number of anilines is 1. The van der Waals surface area contributed by atoms with E-state index in [4.69, 9.17) is 23.2 Å². The Morgan fingerprint density at radius 2 is 1.80 bits per heavy atom. The average molecular weight is 402 g/mol. The Morgan fingerprint density at radius 3 is 2.40 bits per heavy atom. The molecule has 3 rings (SSSR count). The van der Waals surface area contributed by atoms with Gasteiger partial charge in [-0.3, -0.25) is 10.1 Å². The summed E-state index contributed by atoms with van der Waals surface area (Å²) in [7, 11) is -4.21. The maximum absolute atomic E-state index is 12.8. The number of hydrogen-bond donors (Lipinski definition) is 1. The average Bonchev–Trinajstić information content (AvgIpc) is 2.50. The molecule has 25 heavy (non-hydrogen) atoms. The van der Waals surface area contributed by atoms with Crippen molar-refractivity contribution < 1.29 is 18.1 Å². The van der Waals surface area contributed by atoms with Crippen LogP contribution in [0.1, 0.15) is 5.56 Å². The summed E-state index contributed by atoms with van der Waals surface area (Å²) in [4.78, 5) is 22.1. The maximum atomic E-state index is 12.8. The number of sulfonamides is 1. The lowest BCUT2D eigenvalue weighted by molar-refractivity contribution is -0.384. The second-order valence-corrected chi connectivity index (χ2v) is 7.77. The number of nitro groups is 1. The van der Waals surface area contributed by atoms with Crippen LogP contribution in [0.3, 0.4) is 0 Å². The minimum Gasteiger partial charge on any atom is -0.306 e. The van der Waals surface area contributed by atoms with E-state index in [0.29, 0.717) is 9.87 Å². The van der Waals surface area contributed by atoms with Gasteiger partial charge in [0.25, 0.3) is 15.7 Å². The molecule has 1 N–H and O–H groups in total. The third kappa shape index (κ3) is 3.13. The molecule has 0 unspecified atom stereocenters. The van der Waals surface area contributed by atoms with Gasteiger partial charge in [-0.1, -0.05) is 35.3 Å². The molecule has 0 aromatic heterocycles. The third-order valence-electron chi connectivity index (χ3n) is 3.50. The van der Waals surface area contributed by atoms with Gasteiger partial charge in [0, 0.05) is 17.2 Å². The number of hydrogen-bond acceptors (Lipinski definition) is 5. The normalized spacial score (nSPS) is 15.4. The van der Waals surface area contributed by atoms with Crippen LogP contribution in [0.2, 0.25) is 10.0 Å². The second kappa shape index (κ2) is 6.17. The Hall–Kier alpha value is -2.36. The SMILES string of the molecule is O=C1Nc2cc(Cl)cc(Cl)c2S(=O)(=O)N1Cc1ccc([N+](=O)[O-])cc1. The van der Waals surface area contributed by atoms with Crippen LogP contribution in [0.15, 0.2) is 41.3 Å². The second-order valence-electron chi connectivity index (χ2n) is 5.13. The van der Waals surface area contributed by atoms with E-state index in [1.165, 1.54) is 36.4 Å². The summed E-state index contributed by atoms with van der Waals surface area (Å²) in [6, 6.07) is 6.89. The molecule has 0 radical (unpaired) electrons. The molecule has 0 spiro atoms. The fraction of sp³-hybridized carbons (Fsp3) is 0.0714. The Kier molecular flexibility index (Phi) is 4.31.